The molecule has 8 heteroatoms. The third-order valence-electron chi connectivity index (χ3n) is 6.45. The maximum atomic E-state index is 13.1. The van der Waals surface area contributed by atoms with Crippen molar-refractivity contribution < 1.29 is 19.4 Å². The number of anilines is 1. The Hall–Kier alpha value is -4.69. The molecule has 0 saturated carbocycles. The zero-order valence-corrected chi connectivity index (χ0v) is 24.8. The number of phenols is 1. The Morgan fingerprint density at radius 2 is 1.71 bits per heavy atom. The quantitative estimate of drug-likeness (QED) is 0.0745. The summed E-state index contributed by atoms with van der Waals surface area (Å²) >= 11 is 1.50. The number of aromatic hydroxyl groups is 1. The van der Waals surface area contributed by atoms with Crippen molar-refractivity contribution >= 4 is 38.9 Å². The lowest BCUT2D eigenvalue weighted by molar-refractivity contribution is 0.0734. The number of nitrogens with zero attached hydrogens (tertiary/aromatic N) is 2. The van der Waals surface area contributed by atoms with Crippen LogP contribution in [0.25, 0.3) is 21.3 Å². The molecule has 5 rings (SSSR count). The first-order chi connectivity index (χ1) is 20.1. The van der Waals surface area contributed by atoms with E-state index in [2.05, 4.69) is 43.2 Å². The monoisotopic (exact) mass is 579 g/mol. The molecule has 0 aliphatic rings. The minimum absolute atomic E-state index is 0.186. The van der Waals surface area contributed by atoms with E-state index in [1.807, 2.05) is 48.5 Å². The van der Waals surface area contributed by atoms with Crippen LogP contribution in [0.3, 0.4) is 0 Å². The number of aromatic nitrogens is 1. The summed E-state index contributed by atoms with van der Waals surface area (Å²) in [4.78, 5) is 17.7. The standard InChI is InChI=1S/C34H33N3O4S/c1-22(2)20-34(3,4)41-28-16-11-24(12-17-28)32(39)40-30-18-13-25(23-9-14-27(38)15-10-23)19-26(30)21-35-37-33-36-29-7-5-6-8-31(29)42-33/h5-19,21-22,38H,20H2,1-4H3,(H,36,37)/b35-21+. The van der Waals surface area contributed by atoms with Gasteiger partial charge in [0.1, 0.15) is 22.8 Å². The number of para-hydroxylation sites is 1. The van der Waals surface area contributed by atoms with Gasteiger partial charge in [-0.2, -0.15) is 5.10 Å². The van der Waals surface area contributed by atoms with E-state index in [1.54, 1.807) is 48.7 Å². The SMILES string of the molecule is CC(C)CC(C)(C)Oc1ccc(C(=O)Oc2ccc(-c3ccc(O)cc3)cc2/C=N/Nc2nc3ccccc3s2)cc1. The van der Waals surface area contributed by atoms with Crippen LogP contribution >= 0.6 is 11.3 Å². The van der Waals surface area contributed by atoms with E-state index >= 15 is 0 Å². The topological polar surface area (TPSA) is 93.0 Å². The van der Waals surface area contributed by atoms with Crippen LogP contribution in [0.5, 0.6) is 17.2 Å². The Balaban J connectivity index is 1.36. The Labute approximate surface area is 249 Å². The lowest BCUT2D eigenvalue weighted by Gasteiger charge is -2.28. The summed E-state index contributed by atoms with van der Waals surface area (Å²) in [5.41, 5.74) is 6.34. The average molecular weight is 580 g/mol. The molecule has 0 bridgehead atoms. The fourth-order valence-corrected chi connectivity index (χ4v) is 5.63. The smallest absolute Gasteiger partial charge is 0.343 e. The van der Waals surface area contributed by atoms with E-state index < -0.39 is 5.97 Å². The summed E-state index contributed by atoms with van der Waals surface area (Å²) < 4.78 is 13.0. The number of carbonyl (C=O) groups excluding carboxylic acids is 1. The number of esters is 1. The van der Waals surface area contributed by atoms with Crippen molar-refractivity contribution in [3.8, 4) is 28.4 Å². The van der Waals surface area contributed by atoms with E-state index in [9.17, 15) is 9.90 Å². The van der Waals surface area contributed by atoms with Crippen LogP contribution in [0.1, 0.15) is 50.0 Å². The van der Waals surface area contributed by atoms with Crippen molar-refractivity contribution in [1.29, 1.82) is 0 Å². The van der Waals surface area contributed by atoms with Crippen LogP contribution in [0.15, 0.2) is 96.1 Å². The summed E-state index contributed by atoms with van der Waals surface area (Å²) in [6.07, 6.45) is 2.52. The normalized spacial score (nSPS) is 11.7. The molecular weight excluding hydrogens is 546 g/mol. The highest BCUT2D eigenvalue weighted by molar-refractivity contribution is 7.22. The number of fused-ring (bicyclic) bond motifs is 1. The number of ether oxygens (including phenoxy) is 2. The fourth-order valence-electron chi connectivity index (χ4n) is 4.81. The molecule has 1 aromatic heterocycles. The third kappa shape index (κ3) is 7.33. The fraction of sp³-hybridized carbons (Fsp3) is 0.206. The van der Waals surface area contributed by atoms with Gasteiger partial charge in [0.15, 0.2) is 0 Å². The van der Waals surface area contributed by atoms with E-state index in [-0.39, 0.29) is 11.4 Å². The highest BCUT2D eigenvalue weighted by Crippen LogP contribution is 2.29. The molecule has 0 saturated heterocycles. The van der Waals surface area contributed by atoms with Gasteiger partial charge in [0.2, 0.25) is 5.13 Å². The highest BCUT2D eigenvalue weighted by Gasteiger charge is 2.22. The number of hydrogen-bond acceptors (Lipinski definition) is 8. The second-order valence-corrected chi connectivity index (χ2v) is 12.1. The predicted octanol–water partition coefficient (Wildman–Crippen LogP) is 8.54. The molecule has 0 atom stereocenters. The van der Waals surface area contributed by atoms with Crippen LogP contribution in [0.4, 0.5) is 5.13 Å². The van der Waals surface area contributed by atoms with E-state index in [0.29, 0.717) is 33.7 Å². The largest absolute Gasteiger partial charge is 0.508 e. The van der Waals surface area contributed by atoms with Gasteiger partial charge in [-0.05, 0) is 98.0 Å². The Kier molecular flexibility index (Phi) is 8.54. The van der Waals surface area contributed by atoms with E-state index in [0.717, 1.165) is 27.8 Å². The first-order valence-corrected chi connectivity index (χ1v) is 14.6. The van der Waals surface area contributed by atoms with Gasteiger partial charge in [0.25, 0.3) is 0 Å². The molecule has 214 valence electrons. The maximum absolute atomic E-state index is 13.1. The van der Waals surface area contributed by atoms with Crippen molar-refractivity contribution in [2.75, 3.05) is 5.43 Å². The first-order valence-electron chi connectivity index (χ1n) is 13.7. The molecule has 0 fully saturated rings. The number of carbonyl (C=O) groups is 1. The summed E-state index contributed by atoms with van der Waals surface area (Å²) in [5, 5.41) is 14.7. The number of rotatable bonds is 10. The van der Waals surface area contributed by atoms with Crippen LogP contribution < -0.4 is 14.9 Å². The minimum Gasteiger partial charge on any atom is -0.508 e. The summed E-state index contributed by atoms with van der Waals surface area (Å²) in [7, 11) is 0. The molecule has 5 aromatic rings. The molecule has 0 aliphatic heterocycles. The van der Waals surface area contributed by atoms with Crippen molar-refractivity contribution in [2.45, 2.75) is 39.7 Å². The lowest BCUT2D eigenvalue weighted by atomic mass is 9.96. The van der Waals surface area contributed by atoms with Crippen LogP contribution in [0.2, 0.25) is 0 Å². The van der Waals surface area contributed by atoms with Crippen molar-refractivity contribution in [1.82, 2.24) is 4.98 Å². The van der Waals surface area contributed by atoms with Gasteiger partial charge in [-0.3, -0.25) is 5.43 Å². The summed E-state index contributed by atoms with van der Waals surface area (Å²) in [6, 6.07) is 27.2. The number of hydrazone groups is 1. The molecular formula is C34H33N3O4S. The second kappa shape index (κ2) is 12.4. The van der Waals surface area contributed by atoms with E-state index in [4.69, 9.17) is 9.47 Å². The number of phenolic OH excluding ortho intramolecular Hbond substituents is 1. The molecule has 0 spiro atoms. The molecule has 7 nitrogen and oxygen atoms in total. The zero-order valence-electron chi connectivity index (χ0n) is 24.0. The molecule has 2 N–H and O–H groups in total. The van der Waals surface area contributed by atoms with Crippen molar-refractivity contribution in [2.24, 2.45) is 11.0 Å². The maximum Gasteiger partial charge on any atom is 0.343 e. The van der Waals surface area contributed by atoms with Crippen molar-refractivity contribution in [3.63, 3.8) is 0 Å². The molecule has 1 heterocycles. The van der Waals surface area contributed by atoms with Gasteiger partial charge >= 0.3 is 5.97 Å². The molecule has 42 heavy (non-hydrogen) atoms. The van der Waals surface area contributed by atoms with Gasteiger partial charge in [0, 0.05) is 5.56 Å². The summed E-state index contributed by atoms with van der Waals surface area (Å²) in [5.74, 6) is 1.25. The molecule has 4 aromatic carbocycles. The van der Waals surface area contributed by atoms with Gasteiger partial charge in [-0.1, -0.05) is 55.5 Å². The molecule has 0 radical (unpaired) electrons. The number of thiazole rings is 1. The predicted molar refractivity (Wildman–Crippen MR) is 170 cm³/mol. The number of benzene rings is 4. The number of nitrogens with one attached hydrogen (secondary N) is 1. The summed E-state index contributed by atoms with van der Waals surface area (Å²) in [6.45, 7) is 8.45. The minimum atomic E-state index is -0.492. The molecule has 0 amide bonds. The first kappa shape index (κ1) is 28.8. The Morgan fingerprint density at radius 1 is 1.00 bits per heavy atom. The third-order valence-corrected chi connectivity index (χ3v) is 7.40. The van der Waals surface area contributed by atoms with Gasteiger partial charge in [-0.25, -0.2) is 9.78 Å². The lowest BCUT2D eigenvalue weighted by Crippen LogP contribution is -2.29. The van der Waals surface area contributed by atoms with Gasteiger partial charge < -0.3 is 14.6 Å². The zero-order chi connectivity index (χ0) is 29.7. The average Bonchev–Trinajstić information content (AvgIpc) is 3.36. The van der Waals surface area contributed by atoms with Crippen LogP contribution in [0, 0.1) is 5.92 Å². The second-order valence-electron chi connectivity index (χ2n) is 11.0. The van der Waals surface area contributed by atoms with Gasteiger partial charge in [-0.15, -0.1) is 0 Å². The number of hydrogen-bond donors (Lipinski definition) is 2. The van der Waals surface area contributed by atoms with Crippen molar-refractivity contribution in [3.05, 3.63) is 102 Å². The Bertz CT molecular complexity index is 1670. The molecule has 0 aliphatic carbocycles. The highest BCUT2D eigenvalue weighted by atomic mass is 32.1. The van der Waals surface area contributed by atoms with E-state index in [1.165, 1.54) is 11.3 Å². The molecule has 0 unspecified atom stereocenters. The van der Waals surface area contributed by atoms with Gasteiger partial charge in [0.05, 0.1) is 22.0 Å². The van der Waals surface area contributed by atoms with Crippen LogP contribution in [-0.4, -0.2) is 27.9 Å². The van der Waals surface area contributed by atoms with Crippen LogP contribution in [-0.2, 0) is 0 Å². The Morgan fingerprint density at radius 3 is 2.43 bits per heavy atom.